The van der Waals surface area contributed by atoms with Crippen LogP contribution in [0.5, 0.6) is 0 Å². The van der Waals surface area contributed by atoms with Crippen LogP contribution in [0, 0.1) is 0 Å². The standard InChI is InChI=1S/C13H17BrN2S/c1-9-8-13(2,3)16-12(17-9)15-11-6-4-10(14)5-7-11/h4-7,9H,8H2,1-3H3,(H,15,16). The summed E-state index contributed by atoms with van der Waals surface area (Å²) in [7, 11) is 0. The number of rotatable bonds is 1. The third kappa shape index (κ3) is 3.75. The average Bonchev–Trinajstić information content (AvgIpc) is 2.18. The average molecular weight is 313 g/mol. The van der Waals surface area contributed by atoms with Crippen molar-refractivity contribution in [2.24, 2.45) is 4.99 Å². The van der Waals surface area contributed by atoms with Crippen LogP contribution in [-0.2, 0) is 0 Å². The van der Waals surface area contributed by atoms with Crippen molar-refractivity contribution in [1.82, 2.24) is 0 Å². The van der Waals surface area contributed by atoms with Crippen molar-refractivity contribution in [1.29, 1.82) is 0 Å². The lowest BCUT2D eigenvalue weighted by Crippen LogP contribution is -2.31. The summed E-state index contributed by atoms with van der Waals surface area (Å²) in [5.74, 6) is 0. The Morgan fingerprint density at radius 3 is 2.59 bits per heavy atom. The molecule has 0 spiro atoms. The van der Waals surface area contributed by atoms with Crippen molar-refractivity contribution in [2.45, 2.75) is 38.0 Å². The maximum atomic E-state index is 4.74. The van der Waals surface area contributed by atoms with Crippen LogP contribution in [0.1, 0.15) is 27.2 Å². The van der Waals surface area contributed by atoms with Gasteiger partial charge in [-0.05, 0) is 44.5 Å². The smallest absolute Gasteiger partial charge is 0.161 e. The lowest BCUT2D eigenvalue weighted by Gasteiger charge is -2.30. The number of aliphatic imine (C=N–C) groups is 1. The number of nitrogens with zero attached hydrogens (tertiary/aromatic N) is 1. The Kier molecular flexibility index (Phi) is 3.83. The second-order valence-electron chi connectivity index (χ2n) is 4.99. The zero-order chi connectivity index (χ0) is 12.5. The quantitative estimate of drug-likeness (QED) is 0.824. The first-order valence-electron chi connectivity index (χ1n) is 5.74. The van der Waals surface area contributed by atoms with E-state index in [2.05, 4.69) is 54.2 Å². The van der Waals surface area contributed by atoms with Crippen molar-refractivity contribution in [3.8, 4) is 0 Å². The fourth-order valence-electron chi connectivity index (χ4n) is 2.00. The van der Waals surface area contributed by atoms with Crippen molar-refractivity contribution < 1.29 is 0 Å². The summed E-state index contributed by atoms with van der Waals surface area (Å²) in [5.41, 5.74) is 1.13. The Morgan fingerprint density at radius 1 is 1.35 bits per heavy atom. The molecule has 0 bridgehead atoms. The van der Waals surface area contributed by atoms with E-state index < -0.39 is 0 Å². The van der Waals surface area contributed by atoms with Gasteiger partial charge in [0.1, 0.15) is 0 Å². The van der Waals surface area contributed by atoms with Gasteiger partial charge in [-0.1, -0.05) is 34.6 Å². The molecule has 1 atom stereocenters. The minimum Gasteiger partial charge on any atom is -0.335 e. The van der Waals surface area contributed by atoms with E-state index in [1.807, 2.05) is 23.9 Å². The molecule has 1 N–H and O–H groups in total. The molecule has 17 heavy (non-hydrogen) atoms. The van der Waals surface area contributed by atoms with E-state index in [0.29, 0.717) is 5.25 Å². The number of nitrogens with one attached hydrogen (secondary N) is 1. The largest absolute Gasteiger partial charge is 0.335 e. The predicted molar refractivity (Wildman–Crippen MR) is 80.9 cm³/mol. The van der Waals surface area contributed by atoms with Crippen LogP contribution >= 0.6 is 27.7 Å². The van der Waals surface area contributed by atoms with Gasteiger partial charge in [0.25, 0.3) is 0 Å². The molecule has 1 aliphatic rings. The molecule has 1 aromatic rings. The Labute approximate surface area is 115 Å². The molecular formula is C13H17BrN2S. The molecule has 2 rings (SSSR count). The zero-order valence-corrected chi connectivity index (χ0v) is 12.7. The molecule has 0 radical (unpaired) electrons. The SMILES string of the molecule is CC1CC(C)(C)N=C(Nc2ccc(Br)cc2)S1. The molecule has 2 nitrogen and oxygen atoms in total. The third-order valence-corrected chi connectivity index (χ3v) is 4.11. The van der Waals surface area contributed by atoms with Crippen LogP contribution in [0.2, 0.25) is 0 Å². The minimum absolute atomic E-state index is 0.0440. The molecule has 0 saturated carbocycles. The molecule has 4 heteroatoms. The fraction of sp³-hybridized carbons (Fsp3) is 0.462. The first-order valence-corrected chi connectivity index (χ1v) is 7.41. The van der Waals surface area contributed by atoms with Gasteiger partial charge in [-0.15, -0.1) is 0 Å². The zero-order valence-electron chi connectivity index (χ0n) is 10.3. The molecule has 1 aliphatic heterocycles. The Hall–Kier alpha value is -0.480. The highest BCUT2D eigenvalue weighted by atomic mass is 79.9. The molecule has 0 amide bonds. The van der Waals surface area contributed by atoms with E-state index in [4.69, 9.17) is 4.99 Å². The molecule has 1 unspecified atom stereocenters. The highest BCUT2D eigenvalue weighted by Gasteiger charge is 2.27. The monoisotopic (exact) mass is 312 g/mol. The first kappa shape index (κ1) is 13.0. The van der Waals surface area contributed by atoms with Gasteiger partial charge in [-0.25, -0.2) is 0 Å². The minimum atomic E-state index is 0.0440. The number of hydrogen-bond donors (Lipinski definition) is 1. The van der Waals surface area contributed by atoms with Gasteiger partial charge in [0.15, 0.2) is 5.17 Å². The molecular weight excluding hydrogens is 296 g/mol. The number of amidine groups is 1. The van der Waals surface area contributed by atoms with Gasteiger partial charge in [-0.3, -0.25) is 4.99 Å². The Bertz CT molecular complexity index is 426. The molecule has 0 aliphatic carbocycles. The lowest BCUT2D eigenvalue weighted by atomic mass is 10.00. The summed E-state index contributed by atoms with van der Waals surface area (Å²) >= 11 is 5.25. The first-order chi connectivity index (χ1) is 7.94. The number of halogens is 1. The summed E-state index contributed by atoms with van der Waals surface area (Å²) < 4.78 is 1.09. The number of thioether (sulfide) groups is 1. The second kappa shape index (κ2) is 5.02. The van der Waals surface area contributed by atoms with E-state index in [0.717, 1.165) is 21.7 Å². The molecule has 0 saturated heterocycles. The lowest BCUT2D eigenvalue weighted by molar-refractivity contribution is 0.477. The van der Waals surface area contributed by atoms with Gasteiger partial charge in [0, 0.05) is 15.4 Å². The van der Waals surface area contributed by atoms with Gasteiger partial charge in [0.05, 0.1) is 5.54 Å². The van der Waals surface area contributed by atoms with Crippen LogP contribution in [0.4, 0.5) is 5.69 Å². The van der Waals surface area contributed by atoms with E-state index in [-0.39, 0.29) is 5.54 Å². The summed E-state index contributed by atoms with van der Waals surface area (Å²) in [6, 6.07) is 8.18. The van der Waals surface area contributed by atoms with Crippen molar-refractivity contribution in [3.05, 3.63) is 28.7 Å². The number of anilines is 1. The van der Waals surface area contributed by atoms with Crippen molar-refractivity contribution in [2.75, 3.05) is 5.32 Å². The van der Waals surface area contributed by atoms with Crippen LogP contribution < -0.4 is 5.32 Å². The highest BCUT2D eigenvalue weighted by Crippen LogP contribution is 2.32. The summed E-state index contributed by atoms with van der Waals surface area (Å²) in [4.78, 5) is 4.74. The van der Waals surface area contributed by atoms with Crippen LogP contribution in [0.25, 0.3) is 0 Å². The Morgan fingerprint density at radius 2 is 2.00 bits per heavy atom. The maximum Gasteiger partial charge on any atom is 0.161 e. The third-order valence-electron chi connectivity index (χ3n) is 2.60. The summed E-state index contributed by atoms with van der Waals surface area (Å²) in [6.07, 6.45) is 1.13. The normalized spacial score (nSPS) is 23.1. The van der Waals surface area contributed by atoms with E-state index >= 15 is 0 Å². The van der Waals surface area contributed by atoms with Gasteiger partial charge in [0.2, 0.25) is 0 Å². The summed E-state index contributed by atoms with van der Waals surface area (Å²) in [5, 5.41) is 5.02. The topological polar surface area (TPSA) is 24.4 Å². The molecule has 1 heterocycles. The molecule has 0 aromatic heterocycles. The highest BCUT2D eigenvalue weighted by molar-refractivity contribution is 9.10. The van der Waals surface area contributed by atoms with Gasteiger partial charge >= 0.3 is 0 Å². The van der Waals surface area contributed by atoms with E-state index in [1.54, 1.807) is 0 Å². The van der Waals surface area contributed by atoms with Crippen LogP contribution in [-0.4, -0.2) is 16.0 Å². The van der Waals surface area contributed by atoms with E-state index in [9.17, 15) is 0 Å². The summed E-state index contributed by atoms with van der Waals surface area (Å²) in [6.45, 7) is 6.63. The van der Waals surface area contributed by atoms with Crippen molar-refractivity contribution >= 4 is 38.5 Å². The van der Waals surface area contributed by atoms with Crippen LogP contribution in [0.3, 0.4) is 0 Å². The van der Waals surface area contributed by atoms with E-state index in [1.165, 1.54) is 0 Å². The van der Waals surface area contributed by atoms with Crippen LogP contribution in [0.15, 0.2) is 33.7 Å². The second-order valence-corrected chi connectivity index (χ2v) is 7.34. The maximum absolute atomic E-state index is 4.74. The van der Waals surface area contributed by atoms with Gasteiger partial charge < -0.3 is 5.32 Å². The number of benzene rings is 1. The molecule has 0 fully saturated rings. The van der Waals surface area contributed by atoms with Gasteiger partial charge in [-0.2, -0.15) is 0 Å². The van der Waals surface area contributed by atoms with Crippen molar-refractivity contribution in [3.63, 3.8) is 0 Å². The predicted octanol–water partition coefficient (Wildman–Crippen LogP) is 4.52. The number of hydrogen-bond acceptors (Lipinski definition) is 3. The molecule has 1 aromatic carbocycles. The fourth-order valence-corrected chi connectivity index (χ4v) is 3.61. The Balaban J connectivity index is 2.13. The molecule has 92 valence electrons.